The number of ether oxygens (including phenoxy) is 2. The topological polar surface area (TPSA) is 197 Å². The van der Waals surface area contributed by atoms with Crippen LogP contribution in [0.25, 0.3) is 11.4 Å². The Morgan fingerprint density at radius 3 is 1.44 bits per heavy atom. The Morgan fingerprint density at radius 1 is 0.588 bits per heavy atom. The number of nitrogens with two attached hydrogens (primary N) is 2. The van der Waals surface area contributed by atoms with Crippen LogP contribution in [0.1, 0.15) is 55.9 Å². The van der Waals surface area contributed by atoms with Crippen LogP contribution in [0, 0.1) is 6.92 Å². The Balaban J connectivity index is 0.000000311. The maximum Gasteiger partial charge on any atom is 0.247 e. The molecule has 0 unspecified atom stereocenters. The Morgan fingerprint density at radius 2 is 1.02 bits per heavy atom. The van der Waals surface area contributed by atoms with Crippen molar-refractivity contribution < 1.29 is 19.1 Å². The number of methoxy groups -OCH3 is 2. The second-order valence-electron chi connectivity index (χ2n) is 20.2. The monoisotopic (exact) mass is 1190 g/mol. The van der Waals surface area contributed by atoms with E-state index in [-0.39, 0.29) is 11.8 Å². The number of carbonyl (C=O) groups excluding carboxylic acids is 2. The Labute approximate surface area is 511 Å². The van der Waals surface area contributed by atoms with E-state index in [4.69, 9.17) is 31.0 Å². The zero-order valence-corrected chi connectivity index (χ0v) is 53.3. The second kappa shape index (κ2) is 33.0. The van der Waals surface area contributed by atoms with Crippen molar-refractivity contribution in [1.82, 2.24) is 9.80 Å². The number of nitrogens with one attached hydrogen (secondary N) is 4. The number of rotatable bonds is 27. The van der Waals surface area contributed by atoms with E-state index in [1.165, 1.54) is 12.2 Å². The number of aliphatic imine (C=N–C) groups is 2. The summed E-state index contributed by atoms with van der Waals surface area (Å²) in [5.41, 5.74) is 17.5. The molecule has 0 aliphatic carbocycles. The smallest absolute Gasteiger partial charge is 0.247 e. The Bertz CT molecular complexity index is 3380. The lowest BCUT2D eigenvalue weighted by Crippen LogP contribution is -2.29. The SMILES string of the molecule is C=CC(=O)Nc1cc(NC(C)=Nc2ccsc2/C(=C/CC)N(C=C)c2ccccc2C)c(OC)cc1N(C)CCN(C)C.C=CC(=O)Nc1cc(NC(C)=Nc2ccsc2/C(=C/CC)N(N)c2ccccc2N)c(OC)cc1N(C)CCN(C)C. The zero-order valence-electron chi connectivity index (χ0n) is 51.7. The van der Waals surface area contributed by atoms with E-state index >= 15 is 0 Å². The highest BCUT2D eigenvalue weighted by Gasteiger charge is 2.22. The largest absolute Gasteiger partial charge is 0.494 e. The van der Waals surface area contributed by atoms with Crippen LogP contribution < -0.4 is 62.0 Å². The van der Waals surface area contributed by atoms with Crippen molar-refractivity contribution in [3.05, 3.63) is 161 Å². The summed E-state index contributed by atoms with van der Waals surface area (Å²) in [4.78, 5) is 46.9. The molecule has 0 saturated carbocycles. The predicted octanol–water partition coefficient (Wildman–Crippen LogP) is 13.5. The van der Waals surface area contributed by atoms with Gasteiger partial charge in [-0.1, -0.05) is 76.1 Å². The molecule has 0 atom stereocenters. The van der Waals surface area contributed by atoms with Crippen LogP contribution in [0.3, 0.4) is 0 Å². The highest BCUT2D eigenvalue weighted by molar-refractivity contribution is 7.12. The van der Waals surface area contributed by atoms with Crippen LogP contribution >= 0.6 is 22.7 Å². The lowest BCUT2D eigenvalue weighted by atomic mass is 10.1. The van der Waals surface area contributed by atoms with Gasteiger partial charge in [0.25, 0.3) is 0 Å². The summed E-state index contributed by atoms with van der Waals surface area (Å²) in [7, 11) is 15.3. The highest BCUT2D eigenvalue weighted by Crippen LogP contribution is 2.42. The summed E-state index contributed by atoms with van der Waals surface area (Å²) >= 11 is 3.19. The highest BCUT2D eigenvalue weighted by atomic mass is 32.1. The van der Waals surface area contributed by atoms with Crippen molar-refractivity contribution in [2.75, 3.05) is 129 Å². The van der Waals surface area contributed by atoms with Crippen molar-refractivity contribution in [2.24, 2.45) is 15.8 Å². The van der Waals surface area contributed by atoms with Gasteiger partial charge in [-0.3, -0.25) is 14.6 Å². The van der Waals surface area contributed by atoms with Gasteiger partial charge in [0, 0.05) is 64.3 Å². The first-order valence-corrected chi connectivity index (χ1v) is 29.6. The van der Waals surface area contributed by atoms with Crippen LogP contribution in [0.15, 0.2) is 156 Å². The number of carbonyl (C=O) groups is 2. The predicted molar refractivity (Wildman–Crippen MR) is 367 cm³/mol. The van der Waals surface area contributed by atoms with E-state index in [9.17, 15) is 9.59 Å². The van der Waals surface area contributed by atoms with Crippen LogP contribution in [0.5, 0.6) is 11.5 Å². The first-order valence-electron chi connectivity index (χ1n) is 27.8. The summed E-state index contributed by atoms with van der Waals surface area (Å²) < 4.78 is 11.5. The number of amidine groups is 2. The van der Waals surface area contributed by atoms with Crippen LogP contribution in [0.2, 0.25) is 0 Å². The summed E-state index contributed by atoms with van der Waals surface area (Å²) in [6.45, 7) is 24.6. The summed E-state index contributed by atoms with van der Waals surface area (Å²) in [6.07, 6.45) is 10.3. The molecule has 0 radical (unpaired) electrons. The molecule has 2 heterocycles. The minimum absolute atomic E-state index is 0.289. The first kappa shape index (κ1) is 67.1. The van der Waals surface area contributed by atoms with Gasteiger partial charge in [-0.15, -0.1) is 22.7 Å². The van der Waals surface area contributed by atoms with Gasteiger partial charge < -0.3 is 61.0 Å². The van der Waals surface area contributed by atoms with Gasteiger partial charge in [-0.25, -0.2) is 15.8 Å². The lowest BCUT2D eigenvalue weighted by Gasteiger charge is -2.26. The summed E-state index contributed by atoms with van der Waals surface area (Å²) in [6, 6.07) is 27.3. The van der Waals surface area contributed by atoms with Gasteiger partial charge in [-0.05, 0) is 133 Å². The molecule has 0 aliphatic heterocycles. The fourth-order valence-corrected chi connectivity index (χ4v) is 10.5. The molecule has 20 heteroatoms. The van der Waals surface area contributed by atoms with Crippen molar-refractivity contribution >= 4 is 120 Å². The van der Waals surface area contributed by atoms with E-state index < -0.39 is 0 Å². The maximum atomic E-state index is 12.3. The molecular weight excluding hydrogens is 1100 g/mol. The number of hydrogen-bond donors (Lipinski definition) is 6. The molecule has 6 rings (SSSR count). The molecule has 0 spiro atoms. The molecule has 0 bridgehead atoms. The number of anilines is 9. The van der Waals surface area contributed by atoms with E-state index in [1.54, 1.807) is 41.9 Å². The normalized spacial score (nSPS) is 11.8. The van der Waals surface area contributed by atoms with Crippen LogP contribution in [0.4, 0.5) is 62.6 Å². The van der Waals surface area contributed by atoms with E-state index in [0.29, 0.717) is 57.3 Å². The molecule has 0 fully saturated rings. The number of nitrogen functional groups attached to an aromatic ring is 1. The molecule has 452 valence electrons. The van der Waals surface area contributed by atoms with Gasteiger partial charge in [0.05, 0.1) is 92.2 Å². The van der Waals surface area contributed by atoms with Crippen molar-refractivity contribution in [1.29, 1.82) is 0 Å². The summed E-state index contributed by atoms with van der Waals surface area (Å²) in [5, 5.41) is 18.3. The van der Waals surface area contributed by atoms with Gasteiger partial charge in [0.15, 0.2) is 0 Å². The van der Waals surface area contributed by atoms with Crippen molar-refractivity contribution in [3.8, 4) is 11.5 Å². The summed E-state index contributed by atoms with van der Waals surface area (Å²) in [5.74, 6) is 8.53. The minimum atomic E-state index is -0.303. The molecule has 85 heavy (non-hydrogen) atoms. The lowest BCUT2D eigenvalue weighted by molar-refractivity contribution is -0.112. The maximum absolute atomic E-state index is 12.3. The van der Waals surface area contributed by atoms with E-state index in [1.807, 2.05) is 146 Å². The number of aryl methyl sites for hydroxylation is 1. The van der Waals surface area contributed by atoms with Gasteiger partial charge in [0.1, 0.15) is 23.2 Å². The number of amides is 2. The Hall–Kier alpha value is -8.66. The molecule has 2 aromatic heterocycles. The zero-order chi connectivity index (χ0) is 62.3. The third kappa shape index (κ3) is 18.7. The molecular formula is C65H86N14O4S2. The standard InChI is InChI=1S/C34H44N6O2S.C31H42N8O2S/c1-10-15-30(40(12-3)29-17-14-13-16-24(29)4)34-26(18-21-43-34)35-25(5)36-28-22-27(37-33(41)11-2)31(23-32(28)42-9)39(8)20-19-38(6)7;1-8-12-27(39(33)26-14-11-10-13-22(26)32)31-23(15-18-42-31)34-21(3)35-25-19-24(36-30(40)9-2)28(20-29(25)41-7)38(6)17-16-37(4)5/h11-18,21-23H,2-3,10,19-20H2,1,4-9H3,(H,35,36)(H,37,41);9-15,18-20H,2,8,16-17,32-33H2,1,3-7H3,(H,34,35)(H,36,40)/b30-15-;27-12-. The second-order valence-corrected chi connectivity index (χ2v) is 22.0. The number of nitrogens with zero attached hydrogens (tertiary/aromatic N) is 8. The number of hydrogen-bond acceptors (Lipinski definition) is 16. The number of benzene rings is 4. The third-order valence-electron chi connectivity index (χ3n) is 13.1. The molecule has 4 aromatic carbocycles. The van der Waals surface area contributed by atoms with Crippen molar-refractivity contribution in [3.63, 3.8) is 0 Å². The molecule has 6 aromatic rings. The average molecular weight is 1190 g/mol. The van der Waals surface area contributed by atoms with Crippen molar-refractivity contribution in [2.45, 2.75) is 47.5 Å². The Kier molecular flexibility index (Phi) is 26.1. The molecule has 8 N–H and O–H groups in total. The number of hydrazine groups is 1. The van der Waals surface area contributed by atoms with Gasteiger partial charge in [-0.2, -0.15) is 0 Å². The van der Waals surface area contributed by atoms with E-state index in [2.05, 4.69) is 111 Å². The molecule has 0 saturated heterocycles. The molecule has 0 aliphatic rings. The quantitative estimate of drug-likeness (QED) is 0.00711. The van der Waals surface area contributed by atoms with Gasteiger partial charge in [0.2, 0.25) is 11.8 Å². The number of thiophene rings is 2. The first-order chi connectivity index (χ1) is 40.7. The van der Waals surface area contributed by atoms with Crippen LogP contribution in [-0.4, -0.2) is 116 Å². The average Bonchev–Trinajstić information content (AvgIpc) is 3.46. The number of para-hydroxylation sites is 3. The van der Waals surface area contributed by atoms with E-state index in [0.717, 1.165) is 94.2 Å². The fraction of sp³-hybridized carbons (Fsp3) is 0.292. The third-order valence-corrected chi connectivity index (χ3v) is 15.0. The number of allylic oxidation sites excluding steroid dienone is 2. The van der Waals surface area contributed by atoms with Gasteiger partial charge >= 0.3 is 0 Å². The molecule has 18 nitrogen and oxygen atoms in total. The minimum Gasteiger partial charge on any atom is -0.494 e. The fourth-order valence-electron chi connectivity index (χ4n) is 8.77. The molecule has 2 amide bonds. The van der Waals surface area contributed by atoms with Crippen LogP contribution in [-0.2, 0) is 9.59 Å². The number of likely N-dealkylation sites (N-methyl/N-ethyl adjacent to an activating group) is 4.